The fourth-order valence-corrected chi connectivity index (χ4v) is 6.23. The van der Waals surface area contributed by atoms with Gasteiger partial charge >= 0.3 is 8.80 Å². The highest BCUT2D eigenvalue weighted by molar-refractivity contribution is 6.60. The van der Waals surface area contributed by atoms with Crippen LogP contribution in [0.15, 0.2) is 4.99 Å². The minimum Gasteiger partial charge on any atom is -0.374 e. The van der Waals surface area contributed by atoms with Gasteiger partial charge in [0.05, 0.1) is 5.84 Å². The Morgan fingerprint density at radius 1 is 1.14 bits per heavy atom. The van der Waals surface area contributed by atoms with Crippen molar-refractivity contribution in [3.8, 4) is 0 Å². The second-order valence-corrected chi connectivity index (χ2v) is 8.64. The van der Waals surface area contributed by atoms with E-state index in [1.165, 1.54) is 31.6 Å². The smallest absolute Gasteiger partial charge is 0.374 e. The van der Waals surface area contributed by atoms with Gasteiger partial charge < -0.3 is 18.2 Å². The Morgan fingerprint density at radius 3 is 2.45 bits per heavy atom. The molecule has 5 nitrogen and oxygen atoms in total. The van der Waals surface area contributed by atoms with Crippen LogP contribution in [0.3, 0.4) is 0 Å². The summed E-state index contributed by atoms with van der Waals surface area (Å²) in [7, 11) is -2.46. The SMILES string of the molecule is CCO[Si](CCCC1CCC2=NCCCN21)(OCC)OCC. The van der Waals surface area contributed by atoms with E-state index in [4.69, 9.17) is 13.3 Å². The zero-order valence-corrected chi connectivity index (χ0v) is 15.5. The molecule has 2 heterocycles. The molecular formula is C16H32N2O3Si. The summed E-state index contributed by atoms with van der Waals surface area (Å²) < 4.78 is 17.8. The molecule has 128 valence electrons. The van der Waals surface area contributed by atoms with E-state index in [0.29, 0.717) is 25.9 Å². The minimum absolute atomic E-state index is 0.663. The average molecular weight is 329 g/mol. The van der Waals surface area contributed by atoms with E-state index in [0.717, 1.165) is 25.4 Å². The maximum atomic E-state index is 5.94. The maximum absolute atomic E-state index is 5.94. The van der Waals surface area contributed by atoms with Gasteiger partial charge in [-0.05, 0) is 46.5 Å². The molecule has 2 aliphatic heterocycles. The van der Waals surface area contributed by atoms with Crippen molar-refractivity contribution in [1.29, 1.82) is 0 Å². The van der Waals surface area contributed by atoms with Crippen molar-refractivity contribution in [3.63, 3.8) is 0 Å². The predicted octanol–water partition coefficient (Wildman–Crippen LogP) is 3.08. The van der Waals surface area contributed by atoms with Crippen molar-refractivity contribution in [2.24, 2.45) is 4.99 Å². The summed E-state index contributed by atoms with van der Waals surface area (Å²) in [6.07, 6.45) is 5.93. The molecule has 0 aromatic carbocycles. The number of hydrogen-bond donors (Lipinski definition) is 0. The molecule has 0 aromatic rings. The van der Waals surface area contributed by atoms with Crippen molar-refractivity contribution >= 4 is 14.6 Å². The van der Waals surface area contributed by atoms with Gasteiger partial charge in [0.1, 0.15) is 0 Å². The van der Waals surface area contributed by atoms with E-state index < -0.39 is 8.80 Å². The zero-order chi connectivity index (χ0) is 15.8. The Balaban J connectivity index is 1.84. The third-order valence-corrected chi connectivity index (χ3v) is 7.59. The predicted molar refractivity (Wildman–Crippen MR) is 91.3 cm³/mol. The van der Waals surface area contributed by atoms with E-state index in [-0.39, 0.29) is 0 Å². The Labute approximate surface area is 136 Å². The van der Waals surface area contributed by atoms with Crippen LogP contribution < -0.4 is 0 Å². The Morgan fingerprint density at radius 2 is 1.82 bits per heavy atom. The Bertz CT molecular complexity index is 348. The molecule has 0 spiro atoms. The first-order valence-corrected chi connectivity index (χ1v) is 10.9. The molecule has 0 aliphatic carbocycles. The minimum atomic E-state index is -2.46. The first-order chi connectivity index (χ1) is 10.7. The van der Waals surface area contributed by atoms with Gasteiger partial charge in [0.15, 0.2) is 0 Å². The first kappa shape index (κ1) is 17.9. The lowest BCUT2D eigenvalue weighted by molar-refractivity contribution is 0.0702. The van der Waals surface area contributed by atoms with Crippen molar-refractivity contribution < 1.29 is 13.3 Å². The Kier molecular flexibility index (Phi) is 7.33. The van der Waals surface area contributed by atoms with Crippen molar-refractivity contribution in [1.82, 2.24) is 4.90 Å². The van der Waals surface area contributed by atoms with Crippen LogP contribution in [-0.4, -0.2) is 58.5 Å². The highest BCUT2D eigenvalue weighted by Gasteiger charge is 2.40. The summed E-state index contributed by atoms with van der Waals surface area (Å²) in [5.41, 5.74) is 0. The van der Waals surface area contributed by atoms with Crippen LogP contribution in [0.5, 0.6) is 0 Å². The summed E-state index contributed by atoms with van der Waals surface area (Å²) in [5, 5.41) is 0. The number of hydrogen-bond acceptors (Lipinski definition) is 5. The standard InChI is InChI=1S/C16H32N2O3Si/c1-4-19-22(20-5-2,21-6-3)14-7-9-15-10-11-16-17-12-8-13-18(15)16/h15H,4-14H2,1-3H3. The van der Waals surface area contributed by atoms with Gasteiger partial charge in [-0.1, -0.05) is 0 Å². The number of rotatable bonds is 10. The Hall–Kier alpha value is -0.433. The lowest BCUT2D eigenvalue weighted by Gasteiger charge is -2.31. The first-order valence-electron chi connectivity index (χ1n) is 8.96. The molecule has 1 saturated heterocycles. The summed E-state index contributed by atoms with van der Waals surface area (Å²) >= 11 is 0. The summed E-state index contributed by atoms with van der Waals surface area (Å²) in [6, 6.07) is 1.59. The topological polar surface area (TPSA) is 43.3 Å². The summed E-state index contributed by atoms with van der Waals surface area (Å²) in [4.78, 5) is 7.20. The normalized spacial score (nSPS) is 21.9. The van der Waals surface area contributed by atoms with E-state index >= 15 is 0 Å². The third-order valence-electron chi connectivity index (χ3n) is 4.44. The summed E-state index contributed by atoms with van der Waals surface area (Å²) in [5.74, 6) is 1.35. The highest BCUT2D eigenvalue weighted by Crippen LogP contribution is 2.28. The molecule has 6 heteroatoms. The lowest BCUT2D eigenvalue weighted by Crippen LogP contribution is -2.46. The van der Waals surface area contributed by atoms with Crippen molar-refractivity contribution in [2.45, 2.75) is 65.0 Å². The molecular weight excluding hydrogens is 296 g/mol. The number of fused-ring (bicyclic) bond motifs is 1. The van der Waals surface area contributed by atoms with Crippen LogP contribution in [0.4, 0.5) is 0 Å². The maximum Gasteiger partial charge on any atom is 0.500 e. The van der Waals surface area contributed by atoms with E-state index in [2.05, 4.69) is 9.89 Å². The fourth-order valence-electron chi connectivity index (χ4n) is 3.59. The second-order valence-electron chi connectivity index (χ2n) is 5.91. The van der Waals surface area contributed by atoms with E-state index in [9.17, 15) is 0 Å². The van der Waals surface area contributed by atoms with Gasteiger partial charge in [-0.2, -0.15) is 0 Å². The quantitative estimate of drug-likeness (QED) is 0.578. The van der Waals surface area contributed by atoms with Gasteiger partial charge in [0.25, 0.3) is 0 Å². The molecule has 2 rings (SSSR count). The number of nitrogens with zero attached hydrogens (tertiary/aromatic N) is 2. The van der Waals surface area contributed by atoms with Crippen LogP contribution in [0, 0.1) is 0 Å². The molecule has 1 unspecified atom stereocenters. The molecule has 0 amide bonds. The van der Waals surface area contributed by atoms with Gasteiger partial charge in [0, 0.05) is 51.4 Å². The third kappa shape index (κ3) is 4.53. The van der Waals surface area contributed by atoms with Crippen LogP contribution in [0.2, 0.25) is 6.04 Å². The molecule has 0 N–H and O–H groups in total. The lowest BCUT2D eigenvalue weighted by atomic mass is 10.1. The average Bonchev–Trinajstić information content (AvgIpc) is 2.92. The van der Waals surface area contributed by atoms with Crippen LogP contribution in [-0.2, 0) is 13.3 Å². The number of amidine groups is 1. The monoisotopic (exact) mass is 328 g/mol. The van der Waals surface area contributed by atoms with E-state index in [1.54, 1.807) is 0 Å². The van der Waals surface area contributed by atoms with Crippen LogP contribution in [0.1, 0.15) is 52.9 Å². The van der Waals surface area contributed by atoms with Crippen LogP contribution >= 0.6 is 0 Å². The molecule has 1 atom stereocenters. The molecule has 22 heavy (non-hydrogen) atoms. The molecule has 0 aromatic heterocycles. The van der Waals surface area contributed by atoms with Gasteiger partial charge in [-0.3, -0.25) is 4.99 Å². The molecule has 2 aliphatic rings. The fraction of sp³-hybridized carbons (Fsp3) is 0.938. The largest absolute Gasteiger partial charge is 0.500 e. The zero-order valence-electron chi connectivity index (χ0n) is 14.5. The second kappa shape index (κ2) is 9.01. The van der Waals surface area contributed by atoms with Crippen molar-refractivity contribution in [2.75, 3.05) is 32.9 Å². The molecule has 0 radical (unpaired) electrons. The van der Waals surface area contributed by atoms with Gasteiger partial charge in [-0.25, -0.2) is 0 Å². The highest BCUT2D eigenvalue weighted by atomic mass is 28.4. The summed E-state index contributed by atoms with van der Waals surface area (Å²) in [6.45, 7) is 10.3. The van der Waals surface area contributed by atoms with E-state index in [1.807, 2.05) is 20.8 Å². The molecule has 0 bridgehead atoms. The number of aliphatic imine (C=N–C) groups is 1. The van der Waals surface area contributed by atoms with Gasteiger partial charge in [-0.15, -0.1) is 0 Å². The van der Waals surface area contributed by atoms with Crippen molar-refractivity contribution in [3.05, 3.63) is 0 Å². The van der Waals surface area contributed by atoms with Crippen LogP contribution in [0.25, 0.3) is 0 Å². The van der Waals surface area contributed by atoms with Gasteiger partial charge in [0.2, 0.25) is 0 Å². The molecule has 1 fully saturated rings. The molecule has 0 saturated carbocycles.